The third-order valence-electron chi connectivity index (χ3n) is 3.54. The minimum absolute atomic E-state index is 0.117. The van der Waals surface area contributed by atoms with Crippen LogP contribution in [-0.4, -0.2) is 30.3 Å². The molecule has 0 atom stereocenters. The molecule has 2 aromatic rings. The summed E-state index contributed by atoms with van der Waals surface area (Å²) in [5, 5.41) is 1.11. The lowest BCUT2D eigenvalue weighted by Crippen LogP contribution is -2.48. The van der Waals surface area contributed by atoms with E-state index in [1.165, 1.54) is 5.69 Å². The van der Waals surface area contributed by atoms with Crippen molar-refractivity contribution in [2.45, 2.75) is 19.4 Å². The van der Waals surface area contributed by atoms with Gasteiger partial charge in [-0.05, 0) is 38.1 Å². The van der Waals surface area contributed by atoms with Crippen molar-refractivity contribution in [1.29, 1.82) is 0 Å². The van der Waals surface area contributed by atoms with Gasteiger partial charge < -0.3 is 15.4 Å². The Morgan fingerprint density at radius 1 is 1.32 bits per heavy atom. The summed E-state index contributed by atoms with van der Waals surface area (Å²) in [5.41, 5.74) is 8.68. The molecule has 4 heteroatoms. The number of anilines is 2. The fourth-order valence-electron chi connectivity index (χ4n) is 2.68. The number of hydrogen-bond acceptors (Lipinski definition) is 4. The van der Waals surface area contributed by atoms with Crippen molar-refractivity contribution in [1.82, 2.24) is 4.98 Å². The normalized spacial score (nSPS) is 18.7. The topological polar surface area (TPSA) is 51.4 Å². The first-order chi connectivity index (χ1) is 9.07. The lowest BCUT2D eigenvalue weighted by atomic mass is 10.0. The molecule has 1 aliphatic rings. The molecule has 0 amide bonds. The summed E-state index contributed by atoms with van der Waals surface area (Å²) in [6, 6.07) is 8.06. The molecule has 2 heterocycles. The molecular weight excluding hydrogens is 238 g/mol. The van der Waals surface area contributed by atoms with E-state index in [-0.39, 0.29) is 5.60 Å². The maximum absolute atomic E-state index is 6.00. The molecule has 0 saturated carbocycles. The van der Waals surface area contributed by atoms with Gasteiger partial charge in [-0.2, -0.15) is 0 Å². The highest BCUT2D eigenvalue weighted by molar-refractivity contribution is 5.98. The number of aromatic nitrogens is 1. The summed E-state index contributed by atoms with van der Waals surface area (Å²) in [5.74, 6) is 0. The largest absolute Gasteiger partial charge is 0.397 e. The number of pyridine rings is 1. The molecule has 1 aliphatic heterocycles. The van der Waals surface area contributed by atoms with E-state index in [0.717, 1.165) is 36.3 Å². The van der Waals surface area contributed by atoms with Gasteiger partial charge in [0, 0.05) is 30.4 Å². The van der Waals surface area contributed by atoms with Crippen LogP contribution in [0.15, 0.2) is 30.5 Å². The molecule has 1 fully saturated rings. The molecular formula is C15H19N3O. The van der Waals surface area contributed by atoms with Gasteiger partial charge >= 0.3 is 0 Å². The number of morpholine rings is 1. The molecule has 1 aromatic carbocycles. The summed E-state index contributed by atoms with van der Waals surface area (Å²) in [4.78, 5) is 6.74. The zero-order chi connectivity index (χ0) is 13.5. The first kappa shape index (κ1) is 12.2. The third-order valence-corrected chi connectivity index (χ3v) is 3.54. The highest BCUT2D eigenvalue weighted by Gasteiger charge is 2.28. The lowest BCUT2D eigenvalue weighted by molar-refractivity contribution is -0.0276. The Labute approximate surface area is 113 Å². The second-order valence-electron chi connectivity index (χ2n) is 5.60. The molecule has 0 aliphatic carbocycles. The zero-order valence-corrected chi connectivity index (χ0v) is 11.4. The van der Waals surface area contributed by atoms with Gasteiger partial charge in [0.05, 0.1) is 23.4 Å². The molecule has 19 heavy (non-hydrogen) atoms. The highest BCUT2D eigenvalue weighted by Crippen LogP contribution is 2.31. The molecule has 4 nitrogen and oxygen atoms in total. The first-order valence-corrected chi connectivity index (χ1v) is 6.59. The van der Waals surface area contributed by atoms with Gasteiger partial charge in [-0.15, -0.1) is 0 Å². The SMILES string of the molecule is CC1(C)CN(c2ccc(N)c3ncccc23)CCO1. The van der Waals surface area contributed by atoms with Crippen molar-refractivity contribution in [2.75, 3.05) is 30.3 Å². The molecule has 3 rings (SSSR count). The number of nitrogens with zero attached hydrogens (tertiary/aromatic N) is 2. The second-order valence-corrected chi connectivity index (χ2v) is 5.60. The van der Waals surface area contributed by atoms with E-state index in [1.807, 2.05) is 12.1 Å². The van der Waals surface area contributed by atoms with Crippen molar-refractivity contribution in [3.63, 3.8) is 0 Å². The van der Waals surface area contributed by atoms with Gasteiger partial charge in [0.2, 0.25) is 0 Å². The van der Waals surface area contributed by atoms with E-state index in [1.54, 1.807) is 6.20 Å². The van der Waals surface area contributed by atoms with Crippen LogP contribution in [0.2, 0.25) is 0 Å². The van der Waals surface area contributed by atoms with E-state index < -0.39 is 0 Å². The molecule has 2 N–H and O–H groups in total. The number of nitrogen functional groups attached to an aromatic ring is 1. The molecule has 0 bridgehead atoms. The third kappa shape index (κ3) is 2.24. The summed E-state index contributed by atoms with van der Waals surface area (Å²) < 4.78 is 5.77. The maximum atomic E-state index is 6.00. The number of benzene rings is 1. The van der Waals surface area contributed by atoms with Gasteiger partial charge in [-0.25, -0.2) is 0 Å². The molecule has 1 saturated heterocycles. The average Bonchev–Trinajstić information content (AvgIpc) is 2.38. The van der Waals surface area contributed by atoms with E-state index in [0.29, 0.717) is 0 Å². The van der Waals surface area contributed by atoms with Crippen molar-refractivity contribution in [3.05, 3.63) is 30.5 Å². The van der Waals surface area contributed by atoms with Crippen LogP contribution in [0.25, 0.3) is 10.9 Å². The lowest BCUT2D eigenvalue weighted by Gasteiger charge is -2.39. The molecule has 1 aromatic heterocycles. The van der Waals surface area contributed by atoms with Crippen LogP contribution in [0.1, 0.15) is 13.8 Å². The van der Waals surface area contributed by atoms with Gasteiger partial charge in [-0.3, -0.25) is 4.98 Å². The molecule has 100 valence electrons. The van der Waals surface area contributed by atoms with E-state index >= 15 is 0 Å². The minimum atomic E-state index is -0.117. The van der Waals surface area contributed by atoms with Crippen LogP contribution in [0.5, 0.6) is 0 Å². The van der Waals surface area contributed by atoms with Crippen LogP contribution < -0.4 is 10.6 Å². The average molecular weight is 257 g/mol. The standard InChI is InChI=1S/C15H19N3O/c1-15(2)10-18(8-9-19-15)13-6-5-12(16)14-11(13)4-3-7-17-14/h3-7H,8-10,16H2,1-2H3. The second kappa shape index (κ2) is 4.38. The van der Waals surface area contributed by atoms with Crippen molar-refractivity contribution in [3.8, 4) is 0 Å². The van der Waals surface area contributed by atoms with Crippen LogP contribution >= 0.6 is 0 Å². The van der Waals surface area contributed by atoms with Crippen molar-refractivity contribution >= 4 is 22.3 Å². The number of fused-ring (bicyclic) bond motifs is 1. The Kier molecular flexibility index (Phi) is 2.82. The zero-order valence-electron chi connectivity index (χ0n) is 11.4. The van der Waals surface area contributed by atoms with Gasteiger partial charge in [0.25, 0.3) is 0 Å². The minimum Gasteiger partial charge on any atom is -0.397 e. The summed E-state index contributed by atoms with van der Waals surface area (Å²) in [6.07, 6.45) is 1.78. The Morgan fingerprint density at radius 2 is 2.16 bits per heavy atom. The van der Waals surface area contributed by atoms with Crippen LogP contribution in [0.4, 0.5) is 11.4 Å². The quantitative estimate of drug-likeness (QED) is 0.797. The highest BCUT2D eigenvalue weighted by atomic mass is 16.5. The van der Waals surface area contributed by atoms with Gasteiger partial charge in [0.15, 0.2) is 0 Å². The van der Waals surface area contributed by atoms with E-state index in [2.05, 4.69) is 35.9 Å². The predicted octanol–water partition coefficient (Wildman–Crippen LogP) is 2.43. The van der Waals surface area contributed by atoms with Gasteiger partial charge in [-0.1, -0.05) is 0 Å². The Bertz CT molecular complexity index is 609. The Hall–Kier alpha value is -1.81. The Morgan fingerprint density at radius 3 is 2.95 bits per heavy atom. The van der Waals surface area contributed by atoms with E-state index in [9.17, 15) is 0 Å². The number of hydrogen-bond donors (Lipinski definition) is 1. The Balaban J connectivity index is 2.08. The van der Waals surface area contributed by atoms with Crippen LogP contribution in [0, 0.1) is 0 Å². The predicted molar refractivity (Wildman–Crippen MR) is 78.4 cm³/mol. The first-order valence-electron chi connectivity index (χ1n) is 6.59. The van der Waals surface area contributed by atoms with Gasteiger partial charge in [0.1, 0.15) is 0 Å². The molecule has 0 spiro atoms. The number of rotatable bonds is 1. The van der Waals surface area contributed by atoms with E-state index in [4.69, 9.17) is 10.5 Å². The van der Waals surface area contributed by atoms with Crippen molar-refractivity contribution < 1.29 is 4.74 Å². The summed E-state index contributed by atoms with van der Waals surface area (Å²) in [7, 11) is 0. The molecule has 0 radical (unpaired) electrons. The summed E-state index contributed by atoms with van der Waals surface area (Å²) >= 11 is 0. The smallest absolute Gasteiger partial charge is 0.0951 e. The monoisotopic (exact) mass is 257 g/mol. The number of ether oxygens (including phenoxy) is 1. The fraction of sp³-hybridized carbons (Fsp3) is 0.400. The maximum Gasteiger partial charge on any atom is 0.0951 e. The fourth-order valence-corrected chi connectivity index (χ4v) is 2.68. The number of nitrogens with two attached hydrogens (primary N) is 1. The summed E-state index contributed by atoms with van der Waals surface area (Å²) in [6.45, 7) is 6.77. The van der Waals surface area contributed by atoms with Crippen molar-refractivity contribution in [2.24, 2.45) is 0 Å². The molecule has 0 unspecified atom stereocenters. The van der Waals surface area contributed by atoms with Crippen LogP contribution in [0.3, 0.4) is 0 Å². The van der Waals surface area contributed by atoms with Crippen LogP contribution in [-0.2, 0) is 4.74 Å².